The SMILES string of the molecule is CCC1(C)CN(c2ccc(C)cc2[N+](=O)[O-])CCO1. The molecule has 0 N–H and O–H groups in total. The van der Waals surface area contributed by atoms with Crippen LogP contribution in [0.15, 0.2) is 18.2 Å². The van der Waals surface area contributed by atoms with Gasteiger partial charge < -0.3 is 9.64 Å². The number of morpholine rings is 1. The Bertz CT molecular complexity index is 490. The molecular weight excluding hydrogens is 244 g/mol. The molecule has 1 aliphatic rings. The van der Waals surface area contributed by atoms with E-state index in [1.165, 1.54) is 0 Å². The number of nitro groups is 1. The zero-order valence-electron chi connectivity index (χ0n) is 11.7. The third-order valence-corrected chi connectivity index (χ3v) is 3.75. The van der Waals surface area contributed by atoms with Crippen LogP contribution in [0.25, 0.3) is 0 Å². The van der Waals surface area contributed by atoms with Gasteiger partial charge >= 0.3 is 0 Å². The van der Waals surface area contributed by atoms with E-state index in [2.05, 4.69) is 18.7 Å². The van der Waals surface area contributed by atoms with Gasteiger partial charge in [-0.1, -0.05) is 13.0 Å². The van der Waals surface area contributed by atoms with E-state index in [1.807, 2.05) is 19.1 Å². The average Bonchev–Trinajstić information content (AvgIpc) is 2.38. The predicted octanol–water partition coefficient (Wildman–Crippen LogP) is 2.91. The Morgan fingerprint density at radius 1 is 1.53 bits per heavy atom. The van der Waals surface area contributed by atoms with Gasteiger partial charge in [-0.2, -0.15) is 0 Å². The lowest BCUT2D eigenvalue weighted by molar-refractivity contribution is -0.384. The molecule has 1 aliphatic heterocycles. The van der Waals surface area contributed by atoms with Crippen molar-refractivity contribution in [3.05, 3.63) is 33.9 Å². The molecule has 1 atom stereocenters. The van der Waals surface area contributed by atoms with E-state index in [9.17, 15) is 10.1 Å². The fourth-order valence-electron chi connectivity index (χ4n) is 2.40. The largest absolute Gasteiger partial charge is 0.372 e. The van der Waals surface area contributed by atoms with Gasteiger partial charge in [0.25, 0.3) is 5.69 Å². The zero-order valence-corrected chi connectivity index (χ0v) is 11.7. The lowest BCUT2D eigenvalue weighted by atomic mass is 10.00. The van der Waals surface area contributed by atoms with Gasteiger partial charge in [0.05, 0.1) is 17.1 Å². The number of ether oxygens (including phenoxy) is 1. The summed E-state index contributed by atoms with van der Waals surface area (Å²) in [6.07, 6.45) is 0.892. The summed E-state index contributed by atoms with van der Waals surface area (Å²) in [5, 5.41) is 11.2. The maximum Gasteiger partial charge on any atom is 0.292 e. The summed E-state index contributed by atoms with van der Waals surface area (Å²) in [5.74, 6) is 0. The van der Waals surface area contributed by atoms with Crippen molar-refractivity contribution >= 4 is 11.4 Å². The molecule has 0 saturated carbocycles. The molecule has 0 aromatic heterocycles. The quantitative estimate of drug-likeness (QED) is 0.622. The van der Waals surface area contributed by atoms with E-state index in [4.69, 9.17) is 4.74 Å². The predicted molar refractivity (Wildman–Crippen MR) is 74.7 cm³/mol. The highest BCUT2D eigenvalue weighted by Gasteiger charge is 2.32. The fraction of sp³-hybridized carbons (Fsp3) is 0.571. The number of anilines is 1. The third-order valence-electron chi connectivity index (χ3n) is 3.75. The number of nitro benzene ring substituents is 1. The second-order valence-electron chi connectivity index (χ2n) is 5.32. The Morgan fingerprint density at radius 3 is 2.89 bits per heavy atom. The van der Waals surface area contributed by atoms with E-state index in [0.717, 1.165) is 12.0 Å². The van der Waals surface area contributed by atoms with E-state index >= 15 is 0 Å². The van der Waals surface area contributed by atoms with E-state index in [0.29, 0.717) is 25.4 Å². The molecule has 104 valence electrons. The van der Waals surface area contributed by atoms with Gasteiger partial charge in [-0.15, -0.1) is 0 Å². The summed E-state index contributed by atoms with van der Waals surface area (Å²) in [6.45, 7) is 7.99. The first kappa shape index (κ1) is 13.8. The molecule has 5 nitrogen and oxygen atoms in total. The van der Waals surface area contributed by atoms with Crippen molar-refractivity contribution in [2.24, 2.45) is 0 Å². The highest BCUT2D eigenvalue weighted by atomic mass is 16.6. The highest BCUT2D eigenvalue weighted by Crippen LogP contribution is 2.33. The molecule has 1 aromatic rings. The topological polar surface area (TPSA) is 55.6 Å². The van der Waals surface area contributed by atoms with Crippen molar-refractivity contribution < 1.29 is 9.66 Å². The van der Waals surface area contributed by atoms with Crippen LogP contribution in [-0.2, 0) is 4.74 Å². The number of rotatable bonds is 3. The van der Waals surface area contributed by atoms with Crippen LogP contribution in [0.1, 0.15) is 25.8 Å². The van der Waals surface area contributed by atoms with Crippen molar-refractivity contribution in [1.29, 1.82) is 0 Å². The van der Waals surface area contributed by atoms with E-state index in [-0.39, 0.29) is 16.2 Å². The van der Waals surface area contributed by atoms with Crippen LogP contribution in [0, 0.1) is 17.0 Å². The number of hydrogen-bond donors (Lipinski definition) is 0. The second kappa shape index (κ2) is 5.17. The van der Waals surface area contributed by atoms with E-state index in [1.54, 1.807) is 6.07 Å². The van der Waals surface area contributed by atoms with Crippen molar-refractivity contribution in [2.45, 2.75) is 32.8 Å². The molecule has 0 spiro atoms. The van der Waals surface area contributed by atoms with Crippen molar-refractivity contribution in [2.75, 3.05) is 24.6 Å². The maximum atomic E-state index is 11.2. The molecule has 1 unspecified atom stereocenters. The highest BCUT2D eigenvalue weighted by molar-refractivity contribution is 5.64. The van der Waals surface area contributed by atoms with Crippen LogP contribution in [0.4, 0.5) is 11.4 Å². The van der Waals surface area contributed by atoms with Crippen molar-refractivity contribution in [3.63, 3.8) is 0 Å². The Balaban J connectivity index is 2.33. The zero-order chi connectivity index (χ0) is 14.0. The van der Waals surface area contributed by atoms with Gasteiger partial charge in [0.1, 0.15) is 5.69 Å². The Kier molecular flexibility index (Phi) is 3.75. The molecule has 5 heteroatoms. The van der Waals surface area contributed by atoms with Gasteiger partial charge in [-0.25, -0.2) is 0 Å². The first-order chi connectivity index (χ1) is 8.95. The van der Waals surface area contributed by atoms with Crippen LogP contribution >= 0.6 is 0 Å². The molecule has 0 amide bonds. The lowest BCUT2D eigenvalue weighted by Crippen LogP contribution is -2.50. The number of benzene rings is 1. The first-order valence-electron chi connectivity index (χ1n) is 6.59. The smallest absolute Gasteiger partial charge is 0.292 e. The molecule has 1 heterocycles. The van der Waals surface area contributed by atoms with Gasteiger partial charge in [-0.05, 0) is 31.9 Å². The summed E-state index contributed by atoms with van der Waals surface area (Å²) in [5.41, 5.74) is 1.55. The molecular formula is C14H20N2O3. The van der Waals surface area contributed by atoms with Crippen LogP contribution in [0.2, 0.25) is 0 Å². The van der Waals surface area contributed by atoms with Crippen molar-refractivity contribution in [3.8, 4) is 0 Å². The Labute approximate surface area is 113 Å². The molecule has 1 fully saturated rings. The molecule has 0 bridgehead atoms. The summed E-state index contributed by atoms with van der Waals surface area (Å²) in [7, 11) is 0. The molecule has 19 heavy (non-hydrogen) atoms. The normalized spacial score (nSPS) is 23.4. The summed E-state index contributed by atoms with van der Waals surface area (Å²) in [6, 6.07) is 5.39. The van der Waals surface area contributed by atoms with E-state index < -0.39 is 0 Å². The fourth-order valence-corrected chi connectivity index (χ4v) is 2.40. The molecule has 0 radical (unpaired) electrons. The molecule has 1 aromatic carbocycles. The summed E-state index contributed by atoms with van der Waals surface area (Å²) < 4.78 is 5.78. The van der Waals surface area contributed by atoms with Gasteiger partial charge in [0.15, 0.2) is 0 Å². The summed E-state index contributed by atoms with van der Waals surface area (Å²) in [4.78, 5) is 13.0. The minimum Gasteiger partial charge on any atom is -0.372 e. The van der Waals surface area contributed by atoms with Gasteiger partial charge in [0.2, 0.25) is 0 Å². The summed E-state index contributed by atoms with van der Waals surface area (Å²) >= 11 is 0. The van der Waals surface area contributed by atoms with Crippen LogP contribution in [0.5, 0.6) is 0 Å². The number of hydrogen-bond acceptors (Lipinski definition) is 4. The minimum atomic E-state index is -0.304. The molecule has 2 rings (SSSR count). The second-order valence-corrected chi connectivity index (χ2v) is 5.32. The van der Waals surface area contributed by atoms with Gasteiger partial charge in [0, 0.05) is 19.2 Å². The Morgan fingerprint density at radius 2 is 2.26 bits per heavy atom. The monoisotopic (exact) mass is 264 g/mol. The lowest BCUT2D eigenvalue weighted by Gasteiger charge is -2.41. The molecule has 0 aliphatic carbocycles. The first-order valence-corrected chi connectivity index (χ1v) is 6.59. The number of nitrogens with zero attached hydrogens (tertiary/aromatic N) is 2. The third kappa shape index (κ3) is 2.87. The molecule has 1 saturated heterocycles. The van der Waals surface area contributed by atoms with Gasteiger partial charge in [-0.3, -0.25) is 10.1 Å². The van der Waals surface area contributed by atoms with Crippen LogP contribution < -0.4 is 4.90 Å². The minimum absolute atomic E-state index is 0.181. The Hall–Kier alpha value is -1.62. The average molecular weight is 264 g/mol. The number of aryl methyl sites for hydroxylation is 1. The maximum absolute atomic E-state index is 11.2. The van der Waals surface area contributed by atoms with Crippen LogP contribution in [-0.4, -0.2) is 30.2 Å². The standard InChI is InChI=1S/C14H20N2O3/c1-4-14(3)10-15(7-8-19-14)12-6-5-11(2)9-13(12)16(17)18/h5-6,9H,4,7-8,10H2,1-3H3. The van der Waals surface area contributed by atoms with Crippen LogP contribution in [0.3, 0.4) is 0 Å². The van der Waals surface area contributed by atoms with Crippen molar-refractivity contribution in [1.82, 2.24) is 0 Å².